The normalized spacial score (nSPS) is 15.6. The van der Waals surface area contributed by atoms with Crippen molar-refractivity contribution in [3.8, 4) is 11.1 Å². The number of pyridine rings is 1. The van der Waals surface area contributed by atoms with E-state index in [4.69, 9.17) is 4.74 Å². The highest BCUT2D eigenvalue weighted by atomic mass is 16.5. The minimum Gasteiger partial charge on any atom is -0.381 e. The van der Waals surface area contributed by atoms with E-state index in [2.05, 4.69) is 39.7 Å². The van der Waals surface area contributed by atoms with Gasteiger partial charge in [-0.05, 0) is 61.1 Å². The van der Waals surface area contributed by atoms with Crippen LogP contribution in [0.3, 0.4) is 0 Å². The molecule has 6 nitrogen and oxygen atoms in total. The molecule has 1 aromatic carbocycles. The van der Waals surface area contributed by atoms with Crippen LogP contribution in [0.25, 0.3) is 11.1 Å². The first-order valence-corrected chi connectivity index (χ1v) is 10.5. The number of hydrogen-bond acceptors (Lipinski definition) is 4. The van der Waals surface area contributed by atoms with E-state index in [-0.39, 0.29) is 5.91 Å². The van der Waals surface area contributed by atoms with Gasteiger partial charge in [0.2, 0.25) is 5.91 Å². The van der Waals surface area contributed by atoms with Gasteiger partial charge in [0.05, 0.1) is 12.0 Å². The molecule has 1 aliphatic rings. The van der Waals surface area contributed by atoms with Crippen LogP contribution < -0.4 is 5.32 Å². The lowest BCUT2D eigenvalue weighted by atomic mass is 9.74. The smallest absolute Gasteiger partial charge is 0.226 e. The van der Waals surface area contributed by atoms with Gasteiger partial charge in [0.25, 0.3) is 0 Å². The summed E-state index contributed by atoms with van der Waals surface area (Å²) in [6.45, 7) is 4.52. The average molecular weight is 405 g/mol. The Morgan fingerprint density at radius 1 is 1.03 bits per heavy atom. The van der Waals surface area contributed by atoms with E-state index in [1.165, 1.54) is 5.56 Å². The number of ether oxygens (including phenoxy) is 1. The summed E-state index contributed by atoms with van der Waals surface area (Å²) >= 11 is 0. The molecule has 1 fully saturated rings. The number of hydrogen-bond donors (Lipinski definition) is 1. The third kappa shape index (κ3) is 4.60. The molecule has 0 atom stereocenters. The first-order chi connectivity index (χ1) is 14.7. The van der Waals surface area contributed by atoms with E-state index in [0.717, 1.165) is 36.1 Å². The van der Waals surface area contributed by atoms with Crippen LogP contribution in [0.1, 0.15) is 24.1 Å². The number of amides is 1. The van der Waals surface area contributed by atoms with Crippen molar-refractivity contribution in [3.63, 3.8) is 0 Å². The average Bonchev–Trinajstić information content (AvgIpc) is 3.20. The minimum atomic E-state index is -0.421. The molecule has 3 aromatic rings. The monoisotopic (exact) mass is 404 g/mol. The summed E-state index contributed by atoms with van der Waals surface area (Å²) in [5.74, 6) is 0.119. The number of benzene rings is 1. The molecule has 4 rings (SSSR count). The van der Waals surface area contributed by atoms with Crippen LogP contribution in [0, 0.1) is 12.3 Å². The Balaban J connectivity index is 1.43. The SMILES string of the molecule is Cc1ccnn1CCNC(=O)C1(Cc2ccc(-c3ccncc3)cc2)CCOCC1. The van der Waals surface area contributed by atoms with Crippen LogP contribution >= 0.6 is 0 Å². The molecular formula is C24H28N4O2. The predicted molar refractivity (Wildman–Crippen MR) is 116 cm³/mol. The summed E-state index contributed by atoms with van der Waals surface area (Å²) in [6, 6.07) is 14.5. The van der Waals surface area contributed by atoms with Crippen LogP contribution in [0.5, 0.6) is 0 Å². The van der Waals surface area contributed by atoms with Gasteiger partial charge in [0.1, 0.15) is 0 Å². The van der Waals surface area contributed by atoms with Crippen molar-refractivity contribution in [1.82, 2.24) is 20.1 Å². The molecule has 6 heteroatoms. The number of carbonyl (C=O) groups excluding carboxylic acids is 1. The fourth-order valence-corrected chi connectivity index (χ4v) is 4.09. The van der Waals surface area contributed by atoms with Crippen molar-refractivity contribution in [2.75, 3.05) is 19.8 Å². The first kappa shape index (κ1) is 20.3. The molecule has 2 aromatic heterocycles. The zero-order valence-corrected chi connectivity index (χ0v) is 17.4. The second kappa shape index (κ2) is 9.22. The molecule has 1 N–H and O–H groups in total. The summed E-state index contributed by atoms with van der Waals surface area (Å²) in [4.78, 5) is 17.3. The summed E-state index contributed by atoms with van der Waals surface area (Å²) in [5, 5.41) is 7.44. The minimum absolute atomic E-state index is 0.119. The molecule has 1 amide bonds. The zero-order chi connectivity index (χ0) is 20.8. The van der Waals surface area contributed by atoms with Crippen molar-refractivity contribution >= 4 is 5.91 Å². The highest BCUT2D eigenvalue weighted by Gasteiger charge is 2.39. The Morgan fingerprint density at radius 2 is 1.73 bits per heavy atom. The lowest BCUT2D eigenvalue weighted by Crippen LogP contribution is -2.47. The lowest BCUT2D eigenvalue weighted by Gasteiger charge is -2.36. The number of nitrogens with one attached hydrogen (secondary N) is 1. The van der Waals surface area contributed by atoms with Crippen LogP contribution in [0.2, 0.25) is 0 Å². The van der Waals surface area contributed by atoms with Crippen LogP contribution in [0.15, 0.2) is 61.1 Å². The molecule has 0 spiro atoms. The Bertz CT molecular complexity index is 960. The Kier molecular flexibility index (Phi) is 6.23. The molecule has 0 radical (unpaired) electrons. The van der Waals surface area contributed by atoms with Crippen molar-refractivity contribution in [1.29, 1.82) is 0 Å². The lowest BCUT2D eigenvalue weighted by molar-refractivity contribution is -0.136. The van der Waals surface area contributed by atoms with E-state index in [9.17, 15) is 4.79 Å². The quantitative estimate of drug-likeness (QED) is 0.655. The second-order valence-electron chi connectivity index (χ2n) is 7.95. The summed E-state index contributed by atoms with van der Waals surface area (Å²) in [6.07, 6.45) is 7.59. The molecule has 156 valence electrons. The number of aryl methyl sites for hydroxylation is 1. The topological polar surface area (TPSA) is 69.0 Å². The van der Waals surface area contributed by atoms with Crippen LogP contribution in [-0.2, 0) is 22.5 Å². The number of rotatable bonds is 7. The highest BCUT2D eigenvalue weighted by Crippen LogP contribution is 2.35. The van der Waals surface area contributed by atoms with Gasteiger partial charge in [-0.25, -0.2) is 0 Å². The Morgan fingerprint density at radius 3 is 2.40 bits per heavy atom. The third-order valence-corrected chi connectivity index (χ3v) is 5.98. The van der Waals surface area contributed by atoms with Gasteiger partial charge in [0.15, 0.2) is 0 Å². The second-order valence-corrected chi connectivity index (χ2v) is 7.95. The molecule has 0 bridgehead atoms. The van der Waals surface area contributed by atoms with Gasteiger partial charge >= 0.3 is 0 Å². The largest absolute Gasteiger partial charge is 0.381 e. The van der Waals surface area contributed by atoms with Crippen LogP contribution in [-0.4, -0.2) is 40.4 Å². The standard InChI is InChI=1S/C24H28N4O2/c1-19-6-13-27-28(19)15-14-26-23(29)24(9-16-30-17-10-24)18-20-2-4-21(5-3-20)22-7-11-25-12-8-22/h2-8,11-13H,9-10,14-18H2,1H3,(H,26,29). The first-order valence-electron chi connectivity index (χ1n) is 10.5. The maximum absolute atomic E-state index is 13.2. The van der Waals surface area contributed by atoms with Gasteiger partial charge in [-0.15, -0.1) is 0 Å². The molecule has 1 saturated heterocycles. The van der Waals surface area contributed by atoms with E-state index in [1.54, 1.807) is 18.6 Å². The summed E-state index contributed by atoms with van der Waals surface area (Å²) in [7, 11) is 0. The number of nitrogens with zero attached hydrogens (tertiary/aromatic N) is 3. The maximum Gasteiger partial charge on any atom is 0.226 e. The Labute approximate surface area is 177 Å². The molecule has 3 heterocycles. The van der Waals surface area contributed by atoms with E-state index in [0.29, 0.717) is 26.3 Å². The number of aromatic nitrogens is 3. The van der Waals surface area contributed by atoms with Gasteiger partial charge < -0.3 is 10.1 Å². The van der Waals surface area contributed by atoms with E-state index >= 15 is 0 Å². The van der Waals surface area contributed by atoms with Gasteiger partial charge in [-0.1, -0.05) is 24.3 Å². The predicted octanol–water partition coefficient (Wildman–Crippen LogP) is 3.41. The summed E-state index contributed by atoms with van der Waals surface area (Å²) < 4.78 is 7.48. The van der Waals surface area contributed by atoms with Crippen molar-refractivity contribution in [2.24, 2.45) is 5.41 Å². The zero-order valence-electron chi connectivity index (χ0n) is 17.4. The third-order valence-electron chi connectivity index (χ3n) is 5.98. The molecular weight excluding hydrogens is 376 g/mol. The molecule has 30 heavy (non-hydrogen) atoms. The molecule has 0 saturated carbocycles. The molecule has 0 aliphatic carbocycles. The van der Waals surface area contributed by atoms with Gasteiger partial charge in [-0.2, -0.15) is 5.10 Å². The Hall–Kier alpha value is -2.99. The molecule has 1 aliphatic heterocycles. The fraction of sp³-hybridized carbons (Fsp3) is 0.375. The molecule has 0 unspecified atom stereocenters. The number of carbonyl (C=O) groups is 1. The van der Waals surface area contributed by atoms with Crippen molar-refractivity contribution in [2.45, 2.75) is 32.7 Å². The van der Waals surface area contributed by atoms with E-state index < -0.39 is 5.41 Å². The van der Waals surface area contributed by atoms with E-state index in [1.807, 2.05) is 29.8 Å². The maximum atomic E-state index is 13.2. The fourth-order valence-electron chi connectivity index (χ4n) is 4.09. The van der Waals surface area contributed by atoms with Crippen LogP contribution in [0.4, 0.5) is 0 Å². The van der Waals surface area contributed by atoms with Crippen molar-refractivity contribution in [3.05, 3.63) is 72.3 Å². The highest BCUT2D eigenvalue weighted by molar-refractivity contribution is 5.83. The van der Waals surface area contributed by atoms with Crippen molar-refractivity contribution < 1.29 is 9.53 Å². The van der Waals surface area contributed by atoms with Gasteiger partial charge in [-0.3, -0.25) is 14.5 Å². The summed E-state index contributed by atoms with van der Waals surface area (Å²) in [5.41, 5.74) is 4.15. The van der Waals surface area contributed by atoms with Gasteiger partial charge in [0, 0.05) is 44.0 Å².